The molecule has 2 aromatic carbocycles. The van der Waals surface area contributed by atoms with E-state index in [9.17, 15) is 5.11 Å². The van der Waals surface area contributed by atoms with Crippen LogP contribution in [0, 0.1) is 0 Å². The number of H-pyrrole nitrogens is 1. The fourth-order valence-electron chi connectivity index (χ4n) is 2.07. The lowest BCUT2D eigenvalue weighted by Gasteiger charge is -2.04. The fourth-order valence-corrected chi connectivity index (χ4v) is 2.50. The molecule has 102 valence electrons. The van der Waals surface area contributed by atoms with Gasteiger partial charge in [-0.3, -0.25) is 0 Å². The molecule has 0 spiro atoms. The van der Waals surface area contributed by atoms with E-state index in [4.69, 9.17) is 0 Å². The highest BCUT2D eigenvalue weighted by Crippen LogP contribution is 2.24. The highest BCUT2D eigenvalue weighted by Gasteiger charge is 2.02. The molecule has 3 N–H and O–H groups in total. The van der Waals surface area contributed by atoms with Gasteiger partial charge >= 0.3 is 0 Å². The zero-order valence-electron chi connectivity index (χ0n) is 10.7. The number of rotatable bonds is 4. The summed E-state index contributed by atoms with van der Waals surface area (Å²) in [5.74, 6) is 1.18. The Hall–Kier alpha value is -1.85. The minimum absolute atomic E-state index is 0.256. The quantitative estimate of drug-likeness (QED) is 0.687. The van der Waals surface area contributed by atoms with Gasteiger partial charge in [-0.1, -0.05) is 18.2 Å². The molecule has 0 radical (unpaired) electrons. The number of imidazole rings is 1. The summed E-state index contributed by atoms with van der Waals surface area (Å²) >= 11 is 3.31. The van der Waals surface area contributed by atoms with E-state index in [1.165, 1.54) is 0 Å². The van der Waals surface area contributed by atoms with Crippen molar-refractivity contribution < 1.29 is 5.11 Å². The molecule has 1 heterocycles. The van der Waals surface area contributed by atoms with Gasteiger partial charge in [0, 0.05) is 6.54 Å². The van der Waals surface area contributed by atoms with Crippen molar-refractivity contribution in [3.63, 3.8) is 0 Å². The van der Waals surface area contributed by atoms with Gasteiger partial charge in [-0.05, 0) is 45.8 Å². The van der Waals surface area contributed by atoms with E-state index >= 15 is 0 Å². The minimum atomic E-state index is 0.256. The summed E-state index contributed by atoms with van der Waals surface area (Å²) in [5, 5.41) is 12.8. The lowest BCUT2D eigenvalue weighted by molar-refractivity contribution is 0.471. The summed E-state index contributed by atoms with van der Waals surface area (Å²) in [6.45, 7) is 1.39. The second-order valence-electron chi connectivity index (χ2n) is 4.59. The van der Waals surface area contributed by atoms with Gasteiger partial charge in [-0.2, -0.15) is 0 Å². The van der Waals surface area contributed by atoms with Crippen LogP contribution in [0.5, 0.6) is 5.75 Å². The number of hydrogen-bond donors (Lipinski definition) is 3. The standard InChI is InChI=1S/C15H14BrN3O/c16-11-7-10(5-6-14(11)20)8-17-9-15-18-12-3-1-2-4-13(12)19-15/h1-7,17,20H,8-9H2,(H,18,19). The predicted octanol–water partition coefficient (Wildman–Crippen LogP) is 3.32. The molecule has 4 nitrogen and oxygen atoms in total. The monoisotopic (exact) mass is 331 g/mol. The molecule has 0 amide bonds. The number of aromatic nitrogens is 2. The van der Waals surface area contributed by atoms with Crippen molar-refractivity contribution in [1.82, 2.24) is 15.3 Å². The number of hydrogen-bond acceptors (Lipinski definition) is 3. The smallest absolute Gasteiger partial charge is 0.129 e. The summed E-state index contributed by atoms with van der Waals surface area (Å²) < 4.78 is 0.709. The van der Waals surface area contributed by atoms with Crippen LogP contribution in [0.25, 0.3) is 11.0 Å². The Morgan fingerprint density at radius 3 is 2.80 bits per heavy atom. The number of fused-ring (bicyclic) bond motifs is 1. The highest BCUT2D eigenvalue weighted by molar-refractivity contribution is 9.10. The summed E-state index contributed by atoms with van der Waals surface area (Å²) in [5.41, 5.74) is 3.14. The van der Waals surface area contributed by atoms with Gasteiger partial charge < -0.3 is 15.4 Å². The van der Waals surface area contributed by atoms with Crippen LogP contribution in [0.2, 0.25) is 0 Å². The van der Waals surface area contributed by atoms with Crippen LogP contribution in [0.3, 0.4) is 0 Å². The molecule has 3 aromatic rings. The van der Waals surface area contributed by atoms with Crippen LogP contribution in [0.4, 0.5) is 0 Å². The molecule has 0 bridgehead atoms. The van der Waals surface area contributed by atoms with Crippen molar-refractivity contribution in [2.75, 3.05) is 0 Å². The second kappa shape index (κ2) is 5.64. The Balaban J connectivity index is 1.63. The third-order valence-electron chi connectivity index (χ3n) is 3.07. The van der Waals surface area contributed by atoms with Crippen molar-refractivity contribution in [3.05, 3.63) is 58.3 Å². The summed E-state index contributed by atoms with van der Waals surface area (Å²) in [6, 6.07) is 13.5. The van der Waals surface area contributed by atoms with Crippen molar-refractivity contribution in [2.24, 2.45) is 0 Å². The molecule has 0 unspecified atom stereocenters. The molecule has 3 rings (SSSR count). The van der Waals surface area contributed by atoms with Gasteiger partial charge in [-0.25, -0.2) is 4.98 Å². The maximum atomic E-state index is 9.45. The minimum Gasteiger partial charge on any atom is -0.507 e. The number of halogens is 1. The number of para-hydroxylation sites is 2. The van der Waals surface area contributed by atoms with Crippen LogP contribution < -0.4 is 5.32 Å². The molecular formula is C15H14BrN3O. The van der Waals surface area contributed by atoms with E-state index in [-0.39, 0.29) is 5.75 Å². The maximum Gasteiger partial charge on any atom is 0.129 e. The Kier molecular flexibility index (Phi) is 3.71. The van der Waals surface area contributed by atoms with Crippen molar-refractivity contribution in [3.8, 4) is 5.75 Å². The second-order valence-corrected chi connectivity index (χ2v) is 5.44. The molecule has 20 heavy (non-hydrogen) atoms. The Bertz CT molecular complexity index is 706. The van der Waals surface area contributed by atoms with Gasteiger partial charge in [0.25, 0.3) is 0 Å². The zero-order chi connectivity index (χ0) is 13.9. The van der Waals surface area contributed by atoms with E-state index in [0.29, 0.717) is 11.0 Å². The van der Waals surface area contributed by atoms with E-state index < -0.39 is 0 Å². The normalized spacial score (nSPS) is 11.1. The first-order chi connectivity index (χ1) is 9.72. The molecular weight excluding hydrogens is 318 g/mol. The molecule has 1 aromatic heterocycles. The molecule has 0 atom stereocenters. The summed E-state index contributed by atoms with van der Waals surface area (Å²) in [7, 11) is 0. The van der Waals surface area contributed by atoms with Crippen LogP contribution in [0.1, 0.15) is 11.4 Å². The van der Waals surface area contributed by atoms with Gasteiger partial charge in [0.05, 0.1) is 22.1 Å². The topological polar surface area (TPSA) is 60.9 Å². The molecule has 5 heteroatoms. The maximum absolute atomic E-state index is 9.45. The van der Waals surface area contributed by atoms with Crippen LogP contribution in [-0.2, 0) is 13.1 Å². The van der Waals surface area contributed by atoms with Gasteiger partial charge in [0.2, 0.25) is 0 Å². The first kappa shape index (κ1) is 13.1. The number of benzene rings is 2. The van der Waals surface area contributed by atoms with Crippen molar-refractivity contribution in [1.29, 1.82) is 0 Å². The van der Waals surface area contributed by atoms with Crippen LogP contribution in [0.15, 0.2) is 46.9 Å². The third kappa shape index (κ3) is 2.84. The molecule has 0 saturated carbocycles. The van der Waals surface area contributed by atoms with E-state index in [1.807, 2.05) is 36.4 Å². The average Bonchev–Trinajstić information content (AvgIpc) is 2.85. The number of nitrogens with zero attached hydrogens (tertiary/aromatic N) is 1. The largest absolute Gasteiger partial charge is 0.507 e. The van der Waals surface area contributed by atoms with Crippen molar-refractivity contribution >= 4 is 27.0 Å². The average molecular weight is 332 g/mol. The lowest BCUT2D eigenvalue weighted by atomic mass is 10.2. The van der Waals surface area contributed by atoms with Gasteiger partial charge in [0.15, 0.2) is 0 Å². The highest BCUT2D eigenvalue weighted by atomic mass is 79.9. The molecule has 0 aliphatic carbocycles. The SMILES string of the molecule is Oc1ccc(CNCc2nc3ccccc3[nH]2)cc1Br. The molecule has 0 fully saturated rings. The van der Waals surface area contributed by atoms with Gasteiger partial charge in [-0.15, -0.1) is 0 Å². The number of phenols is 1. The van der Waals surface area contributed by atoms with E-state index in [1.54, 1.807) is 6.07 Å². The predicted molar refractivity (Wildman–Crippen MR) is 82.4 cm³/mol. The van der Waals surface area contributed by atoms with Crippen LogP contribution in [-0.4, -0.2) is 15.1 Å². The Morgan fingerprint density at radius 2 is 2.00 bits per heavy atom. The van der Waals surface area contributed by atoms with Gasteiger partial charge in [0.1, 0.15) is 11.6 Å². The number of nitrogens with one attached hydrogen (secondary N) is 2. The van der Waals surface area contributed by atoms with E-state index in [0.717, 1.165) is 29.0 Å². The van der Waals surface area contributed by atoms with E-state index in [2.05, 4.69) is 31.2 Å². The first-order valence-corrected chi connectivity index (χ1v) is 7.13. The summed E-state index contributed by atoms with van der Waals surface area (Å²) in [4.78, 5) is 7.79. The number of aromatic amines is 1. The fraction of sp³-hybridized carbons (Fsp3) is 0.133. The third-order valence-corrected chi connectivity index (χ3v) is 3.71. The van der Waals surface area contributed by atoms with Crippen molar-refractivity contribution in [2.45, 2.75) is 13.1 Å². The summed E-state index contributed by atoms with van der Waals surface area (Å²) in [6.07, 6.45) is 0. The Labute approximate surface area is 125 Å². The zero-order valence-corrected chi connectivity index (χ0v) is 12.3. The lowest BCUT2D eigenvalue weighted by Crippen LogP contribution is -2.13. The van der Waals surface area contributed by atoms with Crippen LogP contribution >= 0.6 is 15.9 Å². The first-order valence-electron chi connectivity index (χ1n) is 6.34. The Morgan fingerprint density at radius 1 is 1.15 bits per heavy atom. The number of aromatic hydroxyl groups is 1. The number of phenolic OH excluding ortho intramolecular Hbond substituents is 1. The molecule has 0 saturated heterocycles. The molecule has 0 aliphatic rings. The molecule has 0 aliphatic heterocycles.